The van der Waals surface area contributed by atoms with Crippen LogP contribution in [0, 0.1) is 0 Å². The van der Waals surface area contributed by atoms with E-state index in [2.05, 4.69) is 10.3 Å². The van der Waals surface area contributed by atoms with Crippen molar-refractivity contribution in [2.75, 3.05) is 7.11 Å². The first-order chi connectivity index (χ1) is 13.1. The number of methoxy groups -OCH3 is 1. The number of fused-ring (bicyclic) bond motifs is 2. The molecule has 0 aliphatic carbocycles. The molecule has 1 amide bonds. The molecule has 0 saturated heterocycles. The summed E-state index contributed by atoms with van der Waals surface area (Å²) in [4.78, 5) is 30.4. The van der Waals surface area contributed by atoms with E-state index >= 15 is 0 Å². The number of aromatic nitrogens is 2. The Labute approximate surface area is 155 Å². The molecule has 3 heterocycles. The van der Waals surface area contributed by atoms with Crippen molar-refractivity contribution >= 4 is 12.0 Å². The second kappa shape index (κ2) is 6.51. The Bertz CT molecular complexity index is 1010. The van der Waals surface area contributed by atoms with Crippen LogP contribution in [-0.4, -0.2) is 22.6 Å². The number of nitrogens with one attached hydrogen (secondary N) is 1. The number of hydrogen-bond donors (Lipinski definition) is 1. The fourth-order valence-corrected chi connectivity index (χ4v) is 3.40. The SMILES string of the molecule is CO[C@@]1(Cc2ccccc2)NC(=O)[C@@H](C)n2c1nc1c(c2=O)C=CC=CO1. The number of amides is 1. The number of carbonyl (C=O) groups is 1. The molecule has 0 bridgehead atoms. The smallest absolute Gasteiger partial charge is 0.265 e. The number of ether oxygens (including phenoxy) is 2. The van der Waals surface area contributed by atoms with Gasteiger partial charge in [-0.15, -0.1) is 0 Å². The van der Waals surface area contributed by atoms with Gasteiger partial charge >= 0.3 is 0 Å². The minimum atomic E-state index is -1.28. The first-order valence-electron chi connectivity index (χ1n) is 8.64. The van der Waals surface area contributed by atoms with E-state index in [0.717, 1.165) is 5.56 Å². The van der Waals surface area contributed by atoms with Crippen LogP contribution in [0.1, 0.15) is 29.9 Å². The van der Waals surface area contributed by atoms with Gasteiger partial charge in [0.2, 0.25) is 17.5 Å². The normalized spacial score (nSPS) is 23.0. The lowest BCUT2D eigenvalue weighted by Gasteiger charge is -2.40. The van der Waals surface area contributed by atoms with E-state index in [4.69, 9.17) is 9.47 Å². The van der Waals surface area contributed by atoms with Gasteiger partial charge in [-0.2, -0.15) is 4.98 Å². The van der Waals surface area contributed by atoms with Gasteiger partial charge in [-0.05, 0) is 24.6 Å². The van der Waals surface area contributed by atoms with Crippen LogP contribution in [-0.2, 0) is 21.7 Å². The summed E-state index contributed by atoms with van der Waals surface area (Å²) < 4.78 is 12.7. The van der Waals surface area contributed by atoms with Gasteiger partial charge in [0.25, 0.3) is 5.56 Å². The van der Waals surface area contributed by atoms with E-state index in [1.807, 2.05) is 30.3 Å². The first-order valence-corrected chi connectivity index (χ1v) is 8.64. The van der Waals surface area contributed by atoms with Crippen LogP contribution >= 0.6 is 0 Å². The number of carbonyl (C=O) groups excluding carboxylic acids is 1. The zero-order chi connectivity index (χ0) is 19.0. The minimum absolute atomic E-state index is 0.189. The zero-order valence-electron chi connectivity index (χ0n) is 15.0. The average molecular weight is 365 g/mol. The van der Waals surface area contributed by atoms with Gasteiger partial charge in [-0.3, -0.25) is 14.2 Å². The van der Waals surface area contributed by atoms with Crippen LogP contribution in [0.15, 0.2) is 53.5 Å². The fraction of sp³-hybridized carbons (Fsp3) is 0.250. The van der Waals surface area contributed by atoms with E-state index in [1.165, 1.54) is 17.9 Å². The van der Waals surface area contributed by atoms with Crippen LogP contribution in [0.5, 0.6) is 5.88 Å². The highest BCUT2D eigenvalue weighted by atomic mass is 16.5. The van der Waals surface area contributed by atoms with Crippen molar-refractivity contribution in [2.24, 2.45) is 0 Å². The maximum atomic E-state index is 13.2. The third-order valence-corrected chi connectivity index (χ3v) is 4.84. The summed E-state index contributed by atoms with van der Waals surface area (Å²) in [6.45, 7) is 1.66. The second-order valence-corrected chi connectivity index (χ2v) is 6.49. The number of allylic oxidation sites excluding steroid dienone is 2. The third kappa shape index (κ3) is 2.76. The Morgan fingerprint density at radius 3 is 2.78 bits per heavy atom. The molecule has 0 fully saturated rings. The Hall–Kier alpha value is -3.19. The Kier molecular flexibility index (Phi) is 4.16. The van der Waals surface area contributed by atoms with Gasteiger partial charge in [0.15, 0.2) is 5.82 Å². The lowest BCUT2D eigenvalue weighted by Crippen LogP contribution is -2.59. The molecular formula is C20H19N3O4. The largest absolute Gasteiger partial charge is 0.446 e. The molecule has 7 nitrogen and oxygen atoms in total. The molecule has 2 atom stereocenters. The fourth-order valence-electron chi connectivity index (χ4n) is 3.40. The Morgan fingerprint density at radius 1 is 1.26 bits per heavy atom. The highest BCUT2D eigenvalue weighted by Crippen LogP contribution is 2.33. The predicted molar refractivity (Wildman–Crippen MR) is 99.0 cm³/mol. The van der Waals surface area contributed by atoms with E-state index < -0.39 is 11.8 Å². The summed E-state index contributed by atoms with van der Waals surface area (Å²) in [5.41, 5.74) is -0.380. The second-order valence-electron chi connectivity index (χ2n) is 6.49. The molecule has 1 N–H and O–H groups in total. The Morgan fingerprint density at radius 2 is 2.04 bits per heavy atom. The maximum absolute atomic E-state index is 13.2. The molecule has 2 aromatic rings. The number of hydrogen-bond acceptors (Lipinski definition) is 5. The molecule has 0 unspecified atom stereocenters. The number of rotatable bonds is 3. The highest BCUT2D eigenvalue weighted by molar-refractivity contribution is 5.82. The third-order valence-electron chi connectivity index (χ3n) is 4.84. The summed E-state index contributed by atoms with van der Waals surface area (Å²) in [6.07, 6.45) is 6.78. The maximum Gasteiger partial charge on any atom is 0.265 e. The van der Waals surface area contributed by atoms with Gasteiger partial charge in [0, 0.05) is 13.5 Å². The van der Waals surface area contributed by atoms with Crippen molar-refractivity contribution in [3.63, 3.8) is 0 Å². The highest BCUT2D eigenvalue weighted by Gasteiger charge is 2.46. The standard InChI is InChI=1S/C20H19N3O4/c1-13-16(24)22-20(26-2,12-14-8-4-3-5-9-14)19-21-17-15(18(25)23(13)19)10-6-7-11-27-17/h3-11,13H,12H2,1-2H3,(H,22,24)/t13-,20-/m1/s1. The summed E-state index contributed by atoms with van der Waals surface area (Å²) in [5.74, 6) is 0.197. The van der Waals surface area contributed by atoms with Crippen LogP contribution in [0.25, 0.3) is 6.08 Å². The van der Waals surface area contributed by atoms with Crippen molar-refractivity contribution in [3.05, 3.63) is 76.1 Å². The van der Waals surface area contributed by atoms with Gasteiger partial charge < -0.3 is 14.8 Å². The summed E-state index contributed by atoms with van der Waals surface area (Å²) in [6, 6.07) is 8.87. The predicted octanol–water partition coefficient (Wildman–Crippen LogP) is 1.90. The van der Waals surface area contributed by atoms with E-state index in [1.54, 1.807) is 25.2 Å². The van der Waals surface area contributed by atoms with Gasteiger partial charge in [0.05, 0.1) is 6.26 Å². The van der Waals surface area contributed by atoms with Crippen molar-refractivity contribution < 1.29 is 14.3 Å². The molecule has 0 saturated carbocycles. The van der Waals surface area contributed by atoms with Crippen LogP contribution < -0.4 is 15.6 Å². The molecule has 0 radical (unpaired) electrons. The van der Waals surface area contributed by atoms with Gasteiger partial charge in [0.1, 0.15) is 11.6 Å². The van der Waals surface area contributed by atoms with Crippen LogP contribution in [0.4, 0.5) is 0 Å². The summed E-state index contributed by atoms with van der Waals surface area (Å²) >= 11 is 0. The minimum Gasteiger partial charge on any atom is -0.446 e. The molecule has 138 valence electrons. The number of benzene rings is 1. The quantitative estimate of drug-likeness (QED) is 0.898. The lowest BCUT2D eigenvalue weighted by molar-refractivity contribution is -0.142. The molecular weight excluding hydrogens is 346 g/mol. The average Bonchev–Trinajstić information content (AvgIpc) is 2.92. The Balaban J connectivity index is 1.96. The van der Waals surface area contributed by atoms with Crippen molar-refractivity contribution in [1.82, 2.24) is 14.9 Å². The monoisotopic (exact) mass is 365 g/mol. The van der Waals surface area contributed by atoms with E-state index in [0.29, 0.717) is 17.8 Å². The van der Waals surface area contributed by atoms with E-state index in [-0.39, 0.29) is 17.3 Å². The van der Waals surface area contributed by atoms with Crippen molar-refractivity contribution in [1.29, 1.82) is 0 Å². The van der Waals surface area contributed by atoms with Gasteiger partial charge in [-0.1, -0.05) is 36.4 Å². The number of nitrogens with zero attached hydrogens (tertiary/aromatic N) is 2. The molecule has 7 heteroatoms. The molecule has 1 aromatic carbocycles. The molecule has 4 rings (SSSR count). The van der Waals surface area contributed by atoms with E-state index in [9.17, 15) is 9.59 Å². The van der Waals surface area contributed by atoms with Crippen molar-refractivity contribution in [2.45, 2.75) is 25.1 Å². The van der Waals surface area contributed by atoms with Crippen LogP contribution in [0.2, 0.25) is 0 Å². The molecule has 27 heavy (non-hydrogen) atoms. The zero-order valence-corrected chi connectivity index (χ0v) is 15.0. The topological polar surface area (TPSA) is 82.5 Å². The molecule has 0 spiro atoms. The summed E-state index contributed by atoms with van der Waals surface area (Å²) in [5, 5.41) is 2.91. The lowest BCUT2D eigenvalue weighted by atomic mass is 9.97. The molecule has 2 aliphatic rings. The molecule has 2 aliphatic heterocycles. The molecule has 1 aromatic heterocycles. The van der Waals surface area contributed by atoms with Crippen molar-refractivity contribution in [3.8, 4) is 5.88 Å². The summed E-state index contributed by atoms with van der Waals surface area (Å²) in [7, 11) is 1.49. The van der Waals surface area contributed by atoms with Gasteiger partial charge in [-0.25, -0.2) is 0 Å². The first kappa shape index (κ1) is 17.2. The van der Waals surface area contributed by atoms with Crippen LogP contribution in [0.3, 0.4) is 0 Å².